The molecule has 0 bridgehead atoms. The van der Waals surface area contributed by atoms with Crippen LogP contribution in [0.5, 0.6) is 0 Å². The first-order chi connectivity index (χ1) is 15.1. The largest absolute Gasteiger partial charge is 0.481 e. The van der Waals surface area contributed by atoms with Gasteiger partial charge in [-0.05, 0) is 55.3 Å². The van der Waals surface area contributed by atoms with E-state index in [1.165, 1.54) is 19.9 Å². The van der Waals surface area contributed by atoms with Gasteiger partial charge in [0.1, 0.15) is 0 Å². The molecular weight excluding hydrogens is 416 g/mol. The molecule has 1 amide bonds. The Bertz CT molecular complexity index is 1170. The van der Waals surface area contributed by atoms with Crippen molar-refractivity contribution >= 4 is 23.3 Å². The van der Waals surface area contributed by atoms with Crippen LogP contribution in [0.2, 0.25) is 0 Å². The number of hydrogen-bond donors (Lipinski definition) is 2. The Labute approximate surface area is 183 Å². The van der Waals surface area contributed by atoms with E-state index in [0.717, 1.165) is 23.3 Å². The van der Waals surface area contributed by atoms with Crippen LogP contribution in [0, 0.1) is 17.0 Å². The highest BCUT2D eigenvalue weighted by atomic mass is 19.2. The number of rotatable bonds is 7. The summed E-state index contributed by atoms with van der Waals surface area (Å²) >= 11 is 0. The highest BCUT2D eigenvalue weighted by Crippen LogP contribution is 2.26. The standard InChI is InChI=1S/C25H21F2NO4/c1-25(2,24(31)32)14-22(29)17-5-3-15(4-6-17)16-7-10-19(11-8-16)28-23(30)18-9-12-20(26)21(27)13-18/h3-13H,14H2,1-2H3,(H,28,30)(H,31,32). The van der Waals surface area contributed by atoms with Crippen molar-refractivity contribution in [2.75, 3.05) is 5.32 Å². The SMILES string of the molecule is CC(C)(CC(=O)c1ccc(-c2ccc(NC(=O)c3ccc(F)c(F)c3)cc2)cc1)C(=O)O. The molecule has 0 aliphatic rings. The third-order valence-corrected chi connectivity index (χ3v) is 5.05. The predicted molar refractivity (Wildman–Crippen MR) is 117 cm³/mol. The highest BCUT2D eigenvalue weighted by molar-refractivity contribution is 6.04. The van der Waals surface area contributed by atoms with Crippen LogP contribution in [-0.2, 0) is 4.79 Å². The van der Waals surface area contributed by atoms with Crippen LogP contribution in [0.3, 0.4) is 0 Å². The molecule has 0 saturated carbocycles. The summed E-state index contributed by atoms with van der Waals surface area (Å²) in [5.74, 6) is -3.96. The smallest absolute Gasteiger partial charge is 0.309 e. The number of Topliss-reactive ketones (excluding diaryl/α,β-unsaturated/α-hetero) is 1. The summed E-state index contributed by atoms with van der Waals surface area (Å²) in [4.78, 5) is 35.8. The molecule has 0 aliphatic carbocycles. The number of carboxylic acids is 1. The van der Waals surface area contributed by atoms with Crippen molar-refractivity contribution in [2.24, 2.45) is 5.41 Å². The average molecular weight is 437 g/mol. The number of anilines is 1. The van der Waals surface area contributed by atoms with Crippen LogP contribution in [-0.4, -0.2) is 22.8 Å². The van der Waals surface area contributed by atoms with Crippen LogP contribution in [0.1, 0.15) is 41.0 Å². The Morgan fingerprint density at radius 1 is 0.812 bits per heavy atom. The van der Waals surface area contributed by atoms with Gasteiger partial charge in [-0.1, -0.05) is 36.4 Å². The normalized spacial score (nSPS) is 11.1. The van der Waals surface area contributed by atoms with Gasteiger partial charge in [-0.2, -0.15) is 0 Å². The van der Waals surface area contributed by atoms with Crippen molar-refractivity contribution in [3.8, 4) is 11.1 Å². The molecule has 5 nitrogen and oxygen atoms in total. The summed E-state index contributed by atoms with van der Waals surface area (Å²) in [5.41, 5.74) is 1.43. The van der Waals surface area contributed by atoms with Crippen molar-refractivity contribution in [1.29, 1.82) is 0 Å². The first-order valence-electron chi connectivity index (χ1n) is 9.80. The Hall–Kier alpha value is -3.87. The van der Waals surface area contributed by atoms with Gasteiger partial charge in [0.15, 0.2) is 17.4 Å². The second-order valence-electron chi connectivity index (χ2n) is 8.03. The highest BCUT2D eigenvalue weighted by Gasteiger charge is 2.30. The Kier molecular flexibility index (Phi) is 6.48. The van der Waals surface area contributed by atoms with E-state index >= 15 is 0 Å². The second-order valence-corrected chi connectivity index (χ2v) is 8.03. The van der Waals surface area contributed by atoms with Crippen molar-refractivity contribution in [2.45, 2.75) is 20.3 Å². The van der Waals surface area contributed by atoms with Crippen LogP contribution >= 0.6 is 0 Å². The fraction of sp³-hybridized carbons (Fsp3) is 0.160. The van der Waals surface area contributed by atoms with Gasteiger partial charge in [0.05, 0.1) is 5.41 Å². The van der Waals surface area contributed by atoms with E-state index in [-0.39, 0.29) is 17.8 Å². The number of carbonyl (C=O) groups excluding carboxylic acids is 2. The summed E-state index contributed by atoms with van der Waals surface area (Å²) in [6, 6.07) is 16.6. The van der Waals surface area contributed by atoms with Crippen molar-refractivity contribution in [3.63, 3.8) is 0 Å². The Morgan fingerprint density at radius 3 is 1.88 bits per heavy atom. The van der Waals surface area contributed by atoms with Gasteiger partial charge < -0.3 is 10.4 Å². The molecule has 0 radical (unpaired) electrons. The van der Waals surface area contributed by atoms with Gasteiger partial charge in [-0.3, -0.25) is 14.4 Å². The van der Waals surface area contributed by atoms with Crippen LogP contribution in [0.25, 0.3) is 11.1 Å². The van der Waals surface area contributed by atoms with E-state index < -0.39 is 28.9 Å². The number of benzene rings is 3. The van der Waals surface area contributed by atoms with Gasteiger partial charge in [-0.25, -0.2) is 8.78 Å². The Balaban J connectivity index is 1.68. The number of amides is 1. The third-order valence-electron chi connectivity index (χ3n) is 5.05. The lowest BCUT2D eigenvalue weighted by molar-refractivity contribution is -0.146. The molecule has 0 aromatic heterocycles. The number of nitrogens with one attached hydrogen (secondary N) is 1. The molecule has 0 saturated heterocycles. The number of carbonyl (C=O) groups is 3. The number of halogens is 2. The summed E-state index contributed by atoms with van der Waals surface area (Å²) in [6.07, 6.45) is -0.103. The number of ketones is 1. The molecule has 0 atom stereocenters. The van der Waals surface area contributed by atoms with Gasteiger partial charge in [0, 0.05) is 23.2 Å². The third kappa shape index (κ3) is 5.24. The molecular formula is C25H21F2NO4. The van der Waals surface area contributed by atoms with Crippen molar-refractivity contribution in [1.82, 2.24) is 0 Å². The van der Waals surface area contributed by atoms with Crippen LogP contribution in [0.4, 0.5) is 14.5 Å². The molecule has 0 fully saturated rings. The molecule has 0 aliphatic heterocycles. The fourth-order valence-corrected chi connectivity index (χ4v) is 3.01. The maximum Gasteiger partial charge on any atom is 0.309 e. The number of aliphatic carboxylic acids is 1. The van der Waals surface area contributed by atoms with E-state index in [1.807, 2.05) is 0 Å². The average Bonchev–Trinajstić information content (AvgIpc) is 2.76. The van der Waals surface area contributed by atoms with E-state index in [0.29, 0.717) is 11.3 Å². The van der Waals surface area contributed by atoms with Crippen molar-refractivity contribution < 1.29 is 28.3 Å². The van der Waals surface area contributed by atoms with Gasteiger partial charge in [-0.15, -0.1) is 0 Å². The molecule has 2 N–H and O–H groups in total. The van der Waals surface area contributed by atoms with Gasteiger partial charge in [0.2, 0.25) is 0 Å². The van der Waals surface area contributed by atoms with E-state index in [1.54, 1.807) is 48.5 Å². The first kappa shape index (κ1) is 22.8. The molecule has 3 aromatic rings. The lowest BCUT2D eigenvalue weighted by Crippen LogP contribution is -2.26. The Morgan fingerprint density at radius 2 is 1.34 bits per heavy atom. The maximum atomic E-state index is 13.3. The lowest BCUT2D eigenvalue weighted by atomic mass is 9.85. The second kappa shape index (κ2) is 9.09. The summed E-state index contributed by atoms with van der Waals surface area (Å²) in [7, 11) is 0. The molecule has 0 unspecified atom stereocenters. The minimum atomic E-state index is -1.14. The monoisotopic (exact) mass is 437 g/mol. The summed E-state index contributed by atoms with van der Waals surface area (Å²) < 4.78 is 26.3. The zero-order valence-corrected chi connectivity index (χ0v) is 17.5. The molecule has 164 valence electrons. The lowest BCUT2D eigenvalue weighted by Gasteiger charge is -2.17. The zero-order valence-electron chi connectivity index (χ0n) is 17.5. The predicted octanol–water partition coefficient (Wildman–Crippen LogP) is 5.57. The number of hydrogen-bond acceptors (Lipinski definition) is 3. The minimum absolute atomic E-state index is 0.000641. The first-order valence-corrected chi connectivity index (χ1v) is 9.80. The quantitative estimate of drug-likeness (QED) is 0.474. The van der Waals surface area contributed by atoms with Gasteiger partial charge in [0.25, 0.3) is 5.91 Å². The maximum absolute atomic E-state index is 13.3. The molecule has 32 heavy (non-hydrogen) atoms. The zero-order chi connectivity index (χ0) is 23.5. The van der Waals surface area contributed by atoms with E-state index in [2.05, 4.69) is 5.32 Å². The van der Waals surface area contributed by atoms with Crippen LogP contribution < -0.4 is 5.32 Å². The molecule has 7 heteroatoms. The molecule has 3 aromatic carbocycles. The van der Waals surface area contributed by atoms with Crippen molar-refractivity contribution in [3.05, 3.63) is 89.5 Å². The number of carboxylic acid groups (broad SMARTS) is 1. The molecule has 0 heterocycles. The topological polar surface area (TPSA) is 83.5 Å². The van der Waals surface area contributed by atoms with E-state index in [9.17, 15) is 28.3 Å². The summed E-state index contributed by atoms with van der Waals surface area (Å²) in [5, 5.41) is 11.8. The molecule has 0 spiro atoms. The minimum Gasteiger partial charge on any atom is -0.481 e. The van der Waals surface area contributed by atoms with E-state index in [4.69, 9.17) is 0 Å². The fourth-order valence-electron chi connectivity index (χ4n) is 3.01. The van der Waals surface area contributed by atoms with Gasteiger partial charge >= 0.3 is 5.97 Å². The summed E-state index contributed by atoms with van der Waals surface area (Å²) in [6.45, 7) is 3.02. The molecule has 3 rings (SSSR count). The van der Waals surface area contributed by atoms with Crippen LogP contribution in [0.15, 0.2) is 66.7 Å².